The predicted octanol–water partition coefficient (Wildman–Crippen LogP) is 8.10. The maximum absolute atomic E-state index is 5.81. The highest BCUT2D eigenvalue weighted by molar-refractivity contribution is 7.79. The van der Waals surface area contributed by atoms with E-state index in [1.807, 2.05) is 6.92 Å². The fourth-order valence-corrected chi connectivity index (χ4v) is 4.50. The molecule has 0 aromatic heterocycles. The molecular formula is C29H34OS. The standard InChI is InChI=1S/C29H34OS/c1-6-16-30-26-13-11-24(12-14-26)28-18-25-17-22(19-31)9-15-27(25)21(5)29(28)23(7-2)10-8-20(3)4/h7-15,17,28,31H,3,6,16,18-19H2,1-2,4-5H3/b10-8-,23-7+. The lowest BCUT2D eigenvalue weighted by molar-refractivity contribution is 0.317. The van der Waals surface area contributed by atoms with Gasteiger partial charge in [-0.25, -0.2) is 0 Å². The zero-order valence-corrected chi connectivity index (χ0v) is 20.1. The highest BCUT2D eigenvalue weighted by atomic mass is 32.1. The van der Waals surface area contributed by atoms with Crippen LogP contribution in [-0.4, -0.2) is 6.61 Å². The highest BCUT2D eigenvalue weighted by Gasteiger charge is 2.28. The largest absolute Gasteiger partial charge is 0.494 e. The van der Waals surface area contributed by atoms with E-state index in [2.05, 4.69) is 101 Å². The molecule has 0 spiro atoms. The zero-order chi connectivity index (χ0) is 22.4. The van der Waals surface area contributed by atoms with Crippen molar-refractivity contribution < 1.29 is 4.74 Å². The molecule has 0 heterocycles. The summed E-state index contributed by atoms with van der Waals surface area (Å²) in [6.07, 6.45) is 8.53. The molecule has 0 saturated carbocycles. The van der Waals surface area contributed by atoms with Gasteiger partial charge < -0.3 is 4.74 Å². The number of benzene rings is 2. The third-order valence-electron chi connectivity index (χ3n) is 5.86. The van der Waals surface area contributed by atoms with Gasteiger partial charge in [0.1, 0.15) is 5.75 Å². The maximum Gasteiger partial charge on any atom is 0.119 e. The lowest BCUT2D eigenvalue weighted by Crippen LogP contribution is -2.16. The summed E-state index contributed by atoms with van der Waals surface area (Å²) < 4.78 is 5.81. The fourth-order valence-electron chi connectivity index (χ4n) is 4.30. The van der Waals surface area contributed by atoms with Gasteiger partial charge in [-0.1, -0.05) is 67.6 Å². The lowest BCUT2D eigenvalue weighted by Gasteiger charge is -2.31. The average molecular weight is 431 g/mol. The molecule has 162 valence electrons. The number of hydrogen-bond donors (Lipinski definition) is 1. The average Bonchev–Trinajstić information content (AvgIpc) is 2.78. The van der Waals surface area contributed by atoms with E-state index in [0.29, 0.717) is 5.92 Å². The third kappa shape index (κ3) is 5.43. The summed E-state index contributed by atoms with van der Waals surface area (Å²) in [5.41, 5.74) is 10.4. The summed E-state index contributed by atoms with van der Waals surface area (Å²) in [6.45, 7) is 13.3. The van der Waals surface area contributed by atoms with E-state index in [-0.39, 0.29) is 0 Å². The normalized spacial score (nSPS) is 16.5. The molecule has 0 bridgehead atoms. The first kappa shape index (κ1) is 23.2. The maximum atomic E-state index is 5.81. The zero-order valence-electron chi connectivity index (χ0n) is 19.2. The molecule has 0 aliphatic heterocycles. The molecule has 1 unspecified atom stereocenters. The molecular weight excluding hydrogens is 396 g/mol. The molecule has 1 aliphatic carbocycles. The molecule has 1 atom stereocenters. The van der Waals surface area contributed by atoms with Crippen molar-refractivity contribution >= 4 is 18.2 Å². The van der Waals surface area contributed by atoms with Crippen LogP contribution in [0.2, 0.25) is 0 Å². The minimum absolute atomic E-state index is 0.295. The van der Waals surface area contributed by atoms with Gasteiger partial charge in [0, 0.05) is 11.7 Å². The molecule has 2 heteroatoms. The van der Waals surface area contributed by atoms with Gasteiger partial charge in [-0.05, 0) is 84.7 Å². The third-order valence-corrected chi connectivity index (χ3v) is 6.22. The van der Waals surface area contributed by atoms with E-state index in [1.165, 1.54) is 39.0 Å². The molecule has 0 amide bonds. The molecule has 1 nitrogen and oxygen atoms in total. The summed E-state index contributed by atoms with van der Waals surface area (Å²) in [7, 11) is 0. The van der Waals surface area contributed by atoms with Crippen molar-refractivity contribution in [1.82, 2.24) is 0 Å². The van der Waals surface area contributed by atoms with Gasteiger partial charge in [-0.3, -0.25) is 0 Å². The molecule has 1 aliphatic rings. The van der Waals surface area contributed by atoms with Crippen molar-refractivity contribution in [2.75, 3.05) is 6.61 Å². The Morgan fingerprint density at radius 3 is 2.52 bits per heavy atom. The first-order chi connectivity index (χ1) is 15.0. The number of fused-ring (bicyclic) bond motifs is 1. The molecule has 0 fully saturated rings. The van der Waals surface area contributed by atoms with Crippen molar-refractivity contribution in [1.29, 1.82) is 0 Å². The van der Waals surface area contributed by atoms with E-state index >= 15 is 0 Å². The van der Waals surface area contributed by atoms with E-state index < -0.39 is 0 Å². The van der Waals surface area contributed by atoms with Crippen molar-refractivity contribution in [3.63, 3.8) is 0 Å². The van der Waals surface area contributed by atoms with Crippen LogP contribution in [0.1, 0.15) is 62.3 Å². The van der Waals surface area contributed by atoms with Gasteiger partial charge in [-0.15, -0.1) is 0 Å². The quantitative estimate of drug-likeness (QED) is 0.329. The fraction of sp³-hybridized carbons (Fsp3) is 0.310. The highest BCUT2D eigenvalue weighted by Crippen LogP contribution is 2.44. The van der Waals surface area contributed by atoms with Crippen molar-refractivity contribution in [2.45, 2.75) is 52.2 Å². The smallest absolute Gasteiger partial charge is 0.119 e. The number of rotatable bonds is 8. The van der Waals surface area contributed by atoms with Crippen LogP contribution in [0.3, 0.4) is 0 Å². The van der Waals surface area contributed by atoms with Gasteiger partial charge in [-0.2, -0.15) is 12.6 Å². The minimum atomic E-state index is 0.295. The summed E-state index contributed by atoms with van der Waals surface area (Å²) in [6, 6.07) is 15.5. The molecule has 0 radical (unpaired) electrons. The Bertz CT molecular complexity index is 1020. The van der Waals surface area contributed by atoms with E-state index in [9.17, 15) is 0 Å². The Morgan fingerprint density at radius 2 is 1.90 bits per heavy atom. The van der Waals surface area contributed by atoms with Crippen LogP contribution in [0.25, 0.3) is 5.57 Å². The van der Waals surface area contributed by atoms with Crippen LogP contribution in [0, 0.1) is 0 Å². The van der Waals surface area contributed by atoms with Crippen molar-refractivity contribution in [3.05, 3.63) is 106 Å². The second-order valence-electron chi connectivity index (χ2n) is 8.29. The lowest BCUT2D eigenvalue weighted by atomic mass is 9.73. The minimum Gasteiger partial charge on any atom is -0.494 e. The Morgan fingerprint density at radius 1 is 1.16 bits per heavy atom. The SMILES string of the molecule is C=C(C)/C=C\C(=C/C)C1=C(C)c2ccc(CS)cc2CC1c1ccc(OCCC)cc1. The number of ether oxygens (including phenoxy) is 1. The van der Waals surface area contributed by atoms with Crippen molar-refractivity contribution in [3.8, 4) is 5.75 Å². The summed E-state index contributed by atoms with van der Waals surface area (Å²) in [4.78, 5) is 0. The van der Waals surface area contributed by atoms with Crippen LogP contribution in [-0.2, 0) is 12.2 Å². The predicted molar refractivity (Wildman–Crippen MR) is 138 cm³/mol. The van der Waals surface area contributed by atoms with Gasteiger partial charge in [0.2, 0.25) is 0 Å². The van der Waals surface area contributed by atoms with Gasteiger partial charge in [0.25, 0.3) is 0 Å². The van der Waals surface area contributed by atoms with Crippen LogP contribution in [0.5, 0.6) is 5.75 Å². The summed E-state index contributed by atoms with van der Waals surface area (Å²) in [5, 5.41) is 0. The van der Waals surface area contributed by atoms with Crippen LogP contribution in [0.15, 0.2) is 84.0 Å². The Hall–Kier alpha value is -2.45. The summed E-state index contributed by atoms with van der Waals surface area (Å²) in [5.74, 6) is 2.00. The molecule has 31 heavy (non-hydrogen) atoms. The second-order valence-corrected chi connectivity index (χ2v) is 8.60. The summed E-state index contributed by atoms with van der Waals surface area (Å²) >= 11 is 4.49. The monoisotopic (exact) mass is 430 g/mol. The number of hydrogen-bond acceptors (Lipinski definition) is 2. The first-order valence-corrected chi connectivity index (χ1v) is 11.8. The van der Waals surface area contributed by atoms with Crippen LogP contribution >= 0.6 is 12.6 Å². The van der Waals surface area contributed by atoms with Gasteiger partial charge in [0.05, 0.1) is 6.61 Å². The van der Waals surface area contributed by atoms with E-state index in [0.717, 1.165) is 36.5 Å². The van der Waals surface area contributed by atoms with Crippen LogP contribution < -0.4 is 4.74 Å². The van der Waals surface area contributed by atoms with Crippen molar-refractivity contribution in [2.24, 2.45) is 0 Å². The first-order valence-electron chi connectivity index (χ1n) is 11.1. The van der Waals surface area contributed by atoms with E-state index in [1.54, 1.807) is 0 Å². The molecule has 2 aromatic carbocycles. The Labute approximate surface area is 193 Å². The number of thiol groups is 1. The second kappa shape index (κ2) is 10.7. The van der Waals surface area contributed by atoms with Gasteiger partial charge >= 0.3 is 0 Å². The topological polar surface area (TPSA) is 9.23 Å². The Balaban J connectivity index is 2.10. The van der Waals surface area contributed by atoms with Gasteiger partial charge in [0.15, 0.2) is 0 Å². The molecule has 0 N–H and O–H groups in total. The van der Waals surface area contributed by atoms with E-state index in [4.69, 9.17) is 4.74 Å². The molecule has 3 rings (SSSR count). The number of allylic oxidation sites excluding steroid dienone is 7. The molecule has 0 saturated heterocycles. The van der Waals surface area contributed by atoms with Crippen LogP contribution in [0.4, 0.5) is 0 Å². The Kier molecular flexibility index (Phi) is 8.03. The molecule has 2 aromatic rings.